The zero-order chi connectivity index (χ0) is 13.0. The molecule has 0 atom stereocenters. The number of hydrogen-bond acceptors (Lipinski definition) is 5. The number of ketones is 1. The molecular weight excluding hydrogens is 240 g/mol. The Labute approximate surface area is 103 Å². The summed E-state index contributed by atoms with van der Waals surface area (Å²) < 4.78 is 0. The van der Waals surface area contributed by atoms with Gasteiger partial charge in [-0.25, -0.2) is 4.98 Å². The van der Waals surface area contributed by atoms with Crippen LogP contribution in [-0.4, -0.2) is 20.9 Å². The molecule has 0 radical (unpaired) electrons. The van der Waals surface area contributed by atoms with Gasteiger partial charge in [0.15, 0.2) is 10.9 Å². The standard InChI is InChI=1S/C11H14N2O3S/c1-4-8-5-9(16)13-11(12-8)17-10(6(2)14)7(3)15/h5,14H,4H2,1-3H3,(H,12,13,16)/b10-6-. The number of thioether (sulfide) groups is 1. The smallest absolute Gasteiger partial charge is 0.251 e. The van der Waals surface area contributed by atoms with E-state index in [-0.39, 0.29) is 22.0 Å². The van der Waals surface area contributed by atoms with Crippen molar-refractivity contribution in [2.45, 2.75) is 32.3 Å². The van der Waals surface area contributed by atoms with Crippen molar-refractivity contribution in [1.82, 2.24) is 9.97 Å². The van der Waals surface area contributed by atoms with Crippen LogP contribution in [0.3, 0.4) is 0 Å². The van der Waals surface area contributed by atoms with Gasteiger partial charge in [0.2, 0.25) is 0 Å². The van der Waals surface area contributed by atoms with Gasteiger partial charge >= 0.3 is 0 Å². The zero-order valence-electron chi connectivity index (χ0n) is 9.90. The Kier molecular flexibility index (Phi) is 4.51. The first-order valence-corrected chi connectivity index (χ1v) is 5.94. The molecule has 92 valence electrons. The van der Waals surface area contributed by atoms with Gasteiger partial charge in [-0.15, -0.1) is 0 Å². The van der Waals surface area contributed by atoms with Crippen molar-refractivity contribution in [2.75, 3.05) is 0 Å². The van der Waals surface area contributed by atoms with Crippen molar-refractivity contribution < 1.29 is 9.90 Å². The molecule has 0 bridgehead atoms. The lowest BCUT2D eigenvalue weighted by atomic mass is 10.3. The minimum atomic E-state index is -0.266. The maximum absolute atomic E-state index is 11.3. The summed E-state index contributed by atoms with van der Waals surface area (Å²) in [6.07, 6.45) is 0.634. The molecule has 0 aromatic carbocycles. The predicted molar refractivity (Wildman–Crippen MR) is 66.1 cm³/mol. The zero-order valence-corrected chi connectivity index (χ0v) is 10.7. The molecule has 0 saturated heterocycles. The van der Waals surface area contributed by atoms with Crippen LogP contribution in [0.1, 0.15) is 26.5 Å². The third-order valence-corrected chi connectivity index (χ3v) is 3.16. The number of allylic oxidation sites excluding steroid dienone is 2. The molecule has 0 spiro atoms. The Morgan fingerprint density at radius 2 is 2.18 bits per heavy atom. The van der Waals surface area contributed by atoms with Crippen LogP contribution in [0.15, 0.2) is 26.7 Å². The van der Waals surface area contributed by atoms with Gasteiger partial charge in [0.1, 0.15) is 5.76 Å². The van der Waals surface area contributed by atoms with Gasteiger partial charge in [0, 0.05) is 11.8 Å². The average Bonchev–Trinajstić information content (AvgIpc) is 2.24. The number of hydrogen-bond donors (Lipinski definition) is 2. The highest BCUT2D eigenvalue weighted by Crippen LogP contribution is 2.25. The summed E-state index contributed by atoms with van der Waals surface area (Å²) in [5, 5.41) is 9.67. The van der Waals surface area contributed by atoms with Crippen LogP contribution in [0, 0.1) is 0 Å². The molecule has 6 heteroatoms. The molecule has 1 heterocycles. The van der Waals surface area contributed by atoms with Crippen molar-refractivity contribution in [1.29, 1.82) is 0 Å². The number of nitrogens with zero attached hydrogens (tertiary/aromatic N) is 1. The van der Waals surface area contributed by atoms with Crippen LogP contribution in [0.4, 0.5) is 0 Å². The normalized spacial score (nSPS) is 12.2. The SMILES string of the molecule is CCc1cc(=O)[nH]c(S/C(C(C)=O)=C(/C)O)n1. The topological polar surface area (TPSA) is 83.0 Å². The van der Waals surface area contributed by atoms with Crippen LogP contribution < -0.4 is 5.56 Å². The third-order valence-electron chi connectivity index (χ3n) is 1.98. The average molecular weight is 254 g/mol. The molecule has 0 unspecified atom stereocenters. The second-order valence-electron chi connectivity index (χ2n) is 3.47. The molecule has 0 amide bonds. The number of nitrogens with one attached hydrogen (secondary N) is 1. The van der Waals surface area contributed by atoms with Crippen LogP contribution in [0.2, 0.25) is 0 Å². The number of rotatable bonds is 4. The molecule has 0 aliphatic carbocycles. The van der Waals surface area contributed by atoms with Gasteiger partial charge in [-0.2, -0.15) is 0 Å². The van der Waals surface area contributed by atoms with Crippen molar-refractivity contribution in [3.8, 4) is 0 Å². The summed E-state index contributed by atoms with van der Waals surface area (Å²) in [5.74, 6) is -0.341. The summed E-state index contributed by atoms with van der Waals surface area (Å²) in [6.45, 7) is 4.66. The fourth-order valence-corrected chi connectivity index (χ4v) is 2.01. The Hall–Kier alpha value is -1.56. The number of H-pyrrole nitrogens is 1. The molecular formula is C11H14N2O3S. The van der Waals surface area contributed by atoms with E-state index in [4.69, 9.17) is 0 Å². The van der Waals surface area contributed by atoms with E-state index in [0.29, 0.717) is 17.3 Å². The quantitative estimate of drug-likeness (QED) is 0.370. The lowest BCUT2D eigenvalue weighted by Gasteiger charge is -2.05. The van der Waals surface area contributed by atoms with E-state index < -0.39 is 0 Å². The van der Waals surface area contributed by atoms with Crippen molar-refractivity contribution in [3.63, 3.8) is 0 Å². The molecule has 0 saturated carbocycles. The first-order chi connectivity index (χ1) is 7.93. The largest absolute Gasteiger partial charge is 0.511 e. The number of aliphatic hydroxyl groups is 1. The first kappa shape index (κ1) is 13.5. The Balaban J connectivity index is 3.11. The van der Waals surface area contributed by atoms with Crippen molar-refractivity contribution in [3.05, 3.63) is 32.8 Å². The highest BCUT2D eigenvalue weighted by atomic mass is 32.2. The van der Waals surface area contributed by atoms with Gasteiger partial charge in [-0.3, -0.25) is 9.59 Å². The Morgan fingerprint density at radius 1 is 1.53 bits per heavy atom. The van der Waals surface area contributed by atoms with Gasteiger partial charge in [0.05, 0.1) is 4.91 Å². The molecule has 1 aromatic heterocycles. The van der Waals surface area contributed by atoms with Crippen LogP contribution in [-0.2, 0) is 11.2 Å². The first-order valence-electron chi connectivity index (χ1n) is 5.13. The molecule has 5 nitrogen and oxygen atoms in total. The van der Waals surface area contributed by atoms with E-state index in [0.717, 1.165) is 11.8 Å². The number of aromatic amines is 1. The van der Waals surface area contributed by atoms with Gasteiger partial charge in [-0.1, -0.05) is 6.92 Å². The fraction of sp³-hybridized carbons (Fsp3) is 0.364. The Morgan fingerprint density at radius 3 is 2.65 bits per heavy atom. The molecule has 1 aromatic rings. The second-order valence-corrected chi connectivity index (χ2v) is 4.47. The number of carbonyl (C=O) groups excluding carboxylic acids is 1. The molecule has 2 N–H and O–H groups in total. The van der Waals surface area contributed by atoms with Crippen molar-refractivity contribution in [2.24, 2.45) is 0 Å². The summed E-state index contributed by atoms with van der Waals surface area (Å²) >= 11 is 0.962. The summed E-state index contributed by atoms with van der Waals surface area (Å²) in [6, 6.07) is 1.41. The summed E-state index contributed by atoms with van der Waals surface area (Å²) in [4.78, 5) is 29.5. The number of aliphatic hydroxyl groups excluding tert-OH is 1. The number of aromatic nitrogens is 2. The van der Waals surface area contributed by atoms with Gasteiger partial charge in [-0.05, 0) is 32.0 Å². The maximum atomic E-state index is 11.3. The van der Waals surface area contributed by atoms with Crippen molar-refractivity contribution >= 4 is 17.5 Å². The number of carbonyl (C=O) groups is 1. The number of Topliss-reactive ketones (excluding diaryl/α,β-unsaturated/α-hetero) is 1. The molecule has 0 aliphatic rings. The van der Waals surface area contributed by atoms with E-state index in [9.17, 15) is 14.7 Å². The summed E-state index contributed by atoms with van der Waals surface area (Å²) in [5.41, 5.74) is 0.382. The van der Waals surface area contributed by atoms with E-state index >= 15 is 0 Å². The maximum Gasteiger partial charge on any atom is 0.251 e. The number of aryl methyl sites for hydroxylation is 1. The minimum absolute atomic E-state index is 0.0768. The van der Waals surface area contributed by atoms with Gasteiger partial charge < -0.3 is 10.1 Å². The van der Waals surface area contributed by atoms with E-state index in [2.05, 4.69) is 9.97 Å². The minimum Gasteiger partial charge on any atom is -0.511 e. The fourth-order valence-electron chi connectivity index (χ4n) is 1.21. The molecule has 0 fully saturated rings. The second kappa shape index (κ2) is 5.67. The van der Waals surface area contributed by atoms with Crippen LogP contribution in [0.5, 0.6) is 0 Å². The van der Waals surface area contributed by atoms with E-state index in [1.54, 1.807) is 0 Å². The lowest BCUT2D eigenvalue weighted by Crippen LogP contribution is -2.10. The highest BCUT2D eigenvalue weighted by Gasteiger charge is 2.12. The van der Waals surface area contributed by atoms with Crippen LogP contribution >= 0.6 is 11.8 Å². The molecule has 17 heavy (non-hydrogen) atoms. The third kappa shape index (κ3) is 3.74. The van der Waals surface area contributed by atoms with E-state index in [1.807, 2.05) is 6.92 Å². The Bertz CT molecular complexity index is 516. The predicted octanol–water partition coefficient (Wildman–Crippen LogP) is 1.80. The molecule has 0 aliphatic heterocycles. The summed E-state index contributed by atoms with van der Waals surface area (Å²) in [7, 11) is 0. The molecule has 1 rings (SSSR count). The van der Waals surface area contributed by atoms with Crippen LogP contribution in [0.25, 0.3) is 0 Å². The highest BCUT2D eigenvalue weighted by molar-refractivity contribution is 8.03. The monoisotopic (exact) mass is 254 g/mol. The van der Waals surface area contributed by atoms with E-state index in [1.165, 1.54) is 19.9 Å². The van der Waals surface area contributed by atoms with Gasteiger partial charge in [0.25, 0.3) is 5.56 Å². The lowest BCUT2D eigenvalue weighted by molar-refractivity contribution is -0.113.